The molecule has 0 unspecified atom stereocenters. The average molecular weight is 390 g/mol. The summed E-state index contributed by atoms with van der Waals surface area (Å²) in [5.74, 6) is 0.959. The lowest BCUT2D eigenvalue weighted by Crippen LogP contribution is -2.52. The smallest absolute Gasteiger partial charge is 0.228 e. The molecule has 1 aromatic carbocycles. The number of benzene rings is 1. The number of carbonyl (C=O) groups excluding carboxylic acids is 1. The first kappa shape index (κ1) is 20.8. The Hall–Kier alpha value is -1.88. The van der Waals surface area contributed by atoms with E-state index in [2.05, 4.69) is 12.1 Å². The van der Waals surface area contributed by atoms with Gasteiger partial charge >= 0.3 is 0 Å². The molecule has 2 bridgehead atoms. The standard InChI is InChI=1S/C23H32FNO3/c1-3-18(16-24)17-28-20-6-4-19(5-7-20)22-8-11-23(12-9-22,13-10-22)21(27)25(2)14-15-26/h4-7,16,26H,3,8-15,17H2,1-2H3/b18-16+. The van der Waals surface area contributed by atoms with Gasteiger partial charge in [0.2, 0.25) is 5.91 Å². The number of ether oxygens (including phenoxy) is 1. The number of hydrogen-bond acceptors (Lipinski definition) is 3. The van der Waals surface area contributed by atoms with Gasteiger partial charge in [0, 0.05) is 19.0 Å². The van der Waals surface area contributed by atoms with Crippen molar-refractivity contribution in [3.63, 3.8) is 0 Å². The highest BCUT2D eigenvalue weighted by Crippen LogP contribution is 2.58. The lowest BCUT2D eigenvalue weighted by molar-refractivity contribution is -0.148. The van der Waals surface area contributed by atoms with Gasteiger partial charge in [0.1, 0.15) is 12.4 Å². The Labute approximate surface area is 167 Å². The van der Waals surface area contributed by atoms with Crippen molar-refractivity contribution in [1.82, 2.24) is 4.90 Å². The van der Waals surface area contributed by atoms with Crippen molar-refractivity contribution in [2.45, 2.75) is 57.3 Å². The molecular weight excluding hydrogens is 357 g/mol. The molecule has 4 rings (SSSR count). The van der Waals surface area contributed by atoms with Crippen molar-refractivity contribution in [3.8, 4) is 5.75 Å². The van der Waals surface area contributed by atoms with Gasteiger partial charge in [-0.3, -0.25) is 4.79 Å². The number of carbonyl (C=O) groups is 1. The number of rotatable bonds is 8. The third-order valence-electron chi connectivity index (χ3n) is 6.98. The van der Waals surface area contributed by atoms with Crippen LogP contribution < -0.4 is 4.74 Å². The largest absolute Gasteiger partial charge is 0.489 e. The molecule has 1 N–H and O–H groups in total. The zero-order valence-corrected chi connectivity index (χ0v) is 17.0. The molecule has 0 atom stereocenters. The second-order valence-corrected chi connectivity index (χ2v) is 8.44. The molecule has 3 aliphatic rings. The molecule has 0 aliphatic heterocycles. The van der Waals surface area contributed by atoms with Crippen LogP contribution in [0.1, 0.15) is 57.4 Å². The van der Waals surface area contributed by atoms with Crippen molar-refractivity contribution in [3.05, 3.63) is 41.7 Å². The summed E-state index contributed by atoms with van der Waals surface area (Å²) in [5.41, 5.74) is 1.89. The van der Waals surface area contributed by atoms with Crippen molar-refractivity contribution in [2.24, 2.45) is 5.41 Å². The van der Waals surface area contributed by atoms with Crippen LogP contribution in [-0.4, -0.2) is 42.7 Å². The van der Waals surface area contributed by atoms with E-state index in [0.29, 0.717) is 24.9 Å². The maximum absolute atomic E-state index is 12.9. The third kappa shape index (κ3) is 3.95. The van der Waals surface area contributed by atoms with E-state index < -0.39 is 0 Å². The first-order valence-electron chi connectivity index (χ1n) is 10.4. The number of aliphatic hydroxyl groups is 1. The van der Waals surface area contributed by atoms with Gasteiger partial charge in [0.05, 0.1) is 12.9 Å². The summed E-state index contributed by atoms with van der Waals surface area (Å²) in [5, 5.41) is 9.13. The molecular formula is C23H32FNO3. The SMILES string of the molecule is CC/C(=C\F)COc1ccc(C23CCC(C(=O)N(C)CCO)(CC2)CC3)cc1. The number of fused-ring (bicyclic) bond motifs is 3. The van der Waals surface area contributed by atoms with Crippen LogP contribution in [0.2, 0.25) is 0 Å². The van der Waals surface area contributed by atoms with Gasteiger partial charge in [0.25, 0.3) is 0 Å². The molecule has 3 saturated carbocycles. The Morgan fingerprint density at radius 2 is 1.79 bits per heavy atom. The second-order valence-electron chi connectivity index (χ2n) is 8.44. The van der Waals surface area contributed by atoms with Crippen LogP contribution in [0.3, 0.4) is 0 Å². The highest BCUT2D eigenvalue weighted by molar-refractivity contribution is 5.83. The number of nitrogens with zero attached hydrogens (tertiary/aromatic N) is 1. The van der Waals surface area contributed by atoms with Crippen molar-refractivity contribution in [2.75, 3.05) is 26.8 Å². The maximum atomic E-state index is 12.9. The molecule has 3 aliphatic carbocycles. The van der Waals surface area contributed by atoms with E-state index in [0.717, 1.165) is 44.3 Å². The first-order valence-corrected chi connectivity index (χ1v) is 10.4. The zero-order chi connectivity index (χ0) is 20.2. The molecule has 0 aromatic heterocycles. The van der Waals surface area contributed by atoms with E-state index >= 15 is 0 Å². The predicted octanol–water partition coefficient (Wildman–Crippen LogP) is 4.37. The van der Waals surface area contributed by atoms with Crippen LogP contribution in [0.5, 0.6) is 5.75 Å². The summed E-state index contributed by atoms with van der Waals surface area (Å²) in [6.45, 7) is 2.61. The molecule has 3 fully saturated rings. The molecule has 4 nitrogen and oxygen atoms in total. The summed E-state index contributed by atoms with van der Waals surface area (Å²) >= 11 is 0. The molecule has 5 heteroatoms. The van der Waals surface area contributed by atoms with Gasteiger partial charge < -0.3 is 14.7 Å². The van der Waals surface area contributed by atoms with E-state index in [9.17, 15) is 9.18 Å². The highest BCUT2D eigenvalue weighted by Gasteiger charge is 2.53. The van der Waals surface area contributed by atoms with Crippen LogP contribution in [0.25, 0.3) is 0 Å². The van der Waals surface area contributed by atoms with Gasteiger partial charge in [-0.2, -0.15) is 0 Å². The van der Waals surface area contributed by atoms with Gasteiger partial charge in [-0.05, 0) is 73.6 Å². The molecule has 0 saturated heterocycles. The fraction of sp³-hybridized carbons (Fsp3) is 0.609. The fourth-order valence-corrected chi connectivity index (χ4v) is 4.89. The van der Waals surface area contributed by atoms with E-state index in [4.69, 9.17) is 9.84 Å². The van der Waals surface area contributed by atoms with Crippen LogP contribution in [0.4, 0.5) is 4.39 Å². The fourth-order valence-electron chi connectivity index (χ4n) is 4.89. The van der Waals surface area contributed by atoms with E-state index in [-0.39, 0.29) is 30.0 Å². The summed E-state index contributed by atoms with van der Waals surface area (Å²) in [7, 11) is 1.80. The first-order chi connectivity index (χ1) is 13.5. The number of amides is 1. The molecule has 1 aromatic rings. The Balaban J connectivity index is 1.64. The Kier molecular flexibility index (Phi) is 6.43. The molecule has 0 heterocycles. The summed E-state index contributed by atoms with van der Waals surface area (Å²) in [4.78, 5) is 14.6. The quantitative estimate of drug-likeness (QED) is 0.718. The molecule has 0 radical (unpaired) electrons. The van der Waals surface area contributed by atoms with Gasteiger partial charge in [-0.15, -0.1) is 0 Å². The minimum absolute atomic E-state index is 0.0115. The molecule has 0 spiro atoms. The average Bonchev–Trinajstić information content (AvgIpc) is 2.75. The summed E-state index contributed by atoms with van der Waals surface area (Å²) in [6.07, 6.45) is 7.10. The normalized spacial score (nSPS) is 26.9. The number of hydrogen-bond donors (Lipinski definition) is 1. The predicted molar refractivity (Wildman–Crippen MR) is 108 cm³/mol. The van der Waals surface area contributed by atoms with E-state index in [1.54, 1.807) is 11.9 Å². The van der Waals surface area contributed by atoms with Crippen molar-refractivity contribution in [1.29, 1.82) is 0 Å². The lowest BCUT2D eigenvalue weighted by Gasteiger charge is -2.53. The Bertz CT molecular complexity index is 689. The molecule has 154 valence electrons. The van der Waals surface area contributed by atoms with E-state index in [1.807, 2.05) is 19.1 Å². The van der Waals surface area contributed by atoms with E-state index in [1.165, 1.54) is 5.56 Å². The van der Waals surface area contributed by atoms with Crippen molar-refractivity contribution < 1.29 is 19.0 Å². The Morgan fingerprint density at radius 3 is 2.29 bits per heavy atom. The summed E-state index contributed by atoms with van der Waals surface area (Å²) in [6, 6.07) is 8.23. The van der Waals surface area contributed by atoms with Crippen LogP contribution >= 0.6 is 0 Å². The maximum Gasteiger partial charge on any atom is 0.228 e. The lowest BCUT2D eigenvalue weighted by atomic mass is 9.51. The second kappa shape index (κ2) is 8.64. The number of halogens is 1. The van der Waals surface area contributed by atoms with Gasteiger partial charge in [-0.25, -0.2) is 4.39 Å². The summed E-state index contributed by atoms with van der Waals surface area (Å²) < 4.78 is 18.4. The zero-order valence-electron chi connectivity index (χ0n) is 17.0. The minimum Gasteiger partial charge on any atom is -0.489 e. The Morgan fingerprint density at radius 1 is 1.18 bits per heavy atom. The topological polar surface area (TPSA) is 49.8 Å². The monoisotopic (exact) mass is 389 g/mol. The minimum atomic E-state index is -0.232. The molecule has 1 amide bonds. The number of aliphatic hydroxyl groups excluding tert-OH is 1. The third-order valence-corrected chi connectivity index (χ3v) is 6.98. The van der Waals surface area contributed by atoms with Gasteiger partial charge in [-0.1, -0.05) is 19.1 Å². The van der Waals surface area contributed by atoms with Crippen molar-refractivity contribution >= 4 is 5.91 Å². The van der Waals surface area contributed by atoms with Crippen LogP contribution in [-0.2, 0) is 10.2 Å². The van der Waals surface area contributed by atoms with Gasteiger partial charge in [0.15, 0.2) is 0 Å². The molecule has 28 heavy (non-hydrogen) atoms. The highest BCUT2D eigenvalue weighted by atomic mass is 19.1. The van der Waals surface area contributed by atoms with Crippen LogP contribution in [0, 0.1) is 5.41 Å². The number of likely N-dealkylation sites (N-methyl/N-ethyl adjacent to an activating group) is 1. The van der Waals surface area contributed by atoms with Crippen LogP contribution in [0.15, 0.2) is 36.2 Å².